The smallest absolute Gasteiger partial charge is 0.291 e. The molecule has 3 aromatic rings. The van der Waals surface area contributed by atoms with Crippen LogP contribution in [0.1, 0.15) is 40.6 Å². The van der Waals surface area contributed by atoms with Gasteiger partial charge in [-0.05, 0) is 55.0 Å². The number of nitrogens with zero attached hydrogens (tertiary/aromatic N) is 1. The van der Waals surface area contributed by atoms with Crippen molar-refractivity contribution in [2.24, 2.45) is 0 Å². The predicted octanol–water partition coefficient (Wildman–Crippen LogP) is 4.38. The molecular formula is C23H20FNO4S. The summed E-state index contributed by atoms with van der Waals surface area (Å²) >= 11 is 1.62. The topological polar surface area (TPSA) is 59.8 Å². The molecule has 3 heterocycles. The van der Waals surface area contributed by atoms with Crippen molar-refractivity contribution in [3.05, 3.63) is 75.4 Å². The Bertz CT molecular complexity index is 1180. The zero-order chi connectivity index (χ0) is 20.8. The van der Waals surface area contributed by atoms with Crippen molar-refractivity contribution < 1.29 is 18.3 Å². The highest BCUT2D eigenvalue weighted by atomic mass is 32.2. The number of benzene rings is 2. The quantitative estimate of drug-likeness (QED) is 0.581. The summed E-state index contributed by atoms with van der Waals surface area (Å²) in [5.74, 6) is -0.810. The molecule has 0 bridgehead atoms. The minimum atomic E-state index is -0.587. The third-order valence-corrected chi connectivity index (χ3v) is 6.53. The molecule has 1 aromatic heterocycles. The van der Waals surface area contributed by atoms with E-state index in [2.05, 4.69) is 0 Å². The van der Waals surface area contributed by atoms with E-state index in [4.69, 9.17) is 9.15 Å². The molecule has 0 spiro atoms. The molecule has 0 aliphatic carbocycles. The predicted molar refractivity (Wildman–Crippen MR) is 113 cm³/mol. The number of rotatable bonds is 4. The van der Waals surface area contributed by atoms with Crippen LogP contribution in [0, 0.1) is 5.82 Å². The third-order valence-electron chi connectivity index (χ3n) is 5.78. The molecule has 0 unspecified atom stereocenters. The van der Waals surface area contributed by atoms with Gasteiger partial charge in [-0.25, -0.2) is 4.39 Å². The summed E-state index contributed by atoms with van der Waals surface area (Å²) in [6.45, 7) is 1.05. The van der Waals surface area contributed by atoms with E-state index >= 15 is 0 Å². The summed E-state index contributed by atoms with van der Waals surface area (Å²) in [7, 11) is 0. The lowest BCUT2D eigenvalue weighted by Gasteiger charge is -2.27. The summed E-state index contributed by atoms with van der Waals surface area (Å²) in [5, 5.41) is 0.145. The first-order valence-corrected chi connectivity index (χ1v) is 11.1. The molecule has 2 aliphatic rings. The minimum absolute atomic E-state index is 0.0380. The fourth-order valence-electron chi connectivity index (χ4n) is 4.32. The lowest BCUT2D eigenvalue weighted by molar-refractivity contribution is 0.0486. The Morgan fingerprint density at radius 1 is 1.17 bits per heavy atom. The molecule has 1 saturated heterocycles. The van der Waals surface area contributed by atoms with Crippen molar-refractivity contribution in [1.29, 1.82) is 0 Å². The van der Waals surface area contributed by atoms with Crippen molar-refractivity contribution in [3.8, 4) is 0 Å². The Morgan fingerprint density at radius 3 is 2.67 bits per heavy atom. The van der Waals surface area contributed by atoms with E-state index in [1.54, 1.807) is 16.7 Å². The molecule has 5 nitrogen and oxygen atoms in total. The average molecular weight is 425 g/mol. The van der Waals surface area contributed by atoms with Crippen LogP contribution in [0.25, 0.3) is 11.0 Å². The third kappa shape index (κ3) is 3.13. The van der Waals surface area contributed by atoms with Crippen LogP contribution in [-0.2, 0) is 4.74 Å². The molecule has 30 heavy (non-hydrogen) atoms. The minimum Gasteiger partial charge on any atom is -0.450 e. The van der Waals surface area contributed by atoms with Gasteiger partial charge in [-0.3, -0.25) is 9.59 Å². The van der Waals surface area contributed by atoms with E-state index < -0.39 is 11.9 Å². The van der Waals surface area contributed by atoms with Crippen molar-refractivity contribution in [3.63, 3.8) is 0 Å². The Morgan fingerprint density at radius 2 is 1.97 bits per heavy atom. The van der Waals surface area contributed by atoms with Crippen LogP contribution in [-0.4, -0.2) is 36.3 Å². The van der Waals surface area contributed by atoms with E-state index in [-0.39, 0.29) is 39.7 Å². The van der Waals surface area contributed by atoms with Gasteiger partial charge in [-0.1, -0.05) is 12.1 Å². The first kappa shape index (κ1) is 19.3. The fourth-order valence-corrected chi connectivity index (χ4v) is 4.73. The SMILES string of the molecule is CSc1ccc([C@@H]2c3c(oc4ccc(F)cc4c3=O)C(=O)N2C[C@@H]2CCCO2)cc1. The summed E-state index contributed by atoms with van der Waals surface area (Å²) in [5.41, 5.74) is 0.936. The normalized spacial score (nSPS) is 20.9. The maximum Gasteiger partial charge on any atom is 0.291 e. The maximum atomic E-state index is 13.8. The molecule has 0 radical (unpaired) electrons. The molecular weight excluding hydrogens is 405 g/mol. The second-order valence-corrected chi connectivity index (χ2v) is 8.46. The average Bonchev–Trinajstić information content (AvgIpc) is 3.37. The molecule has 2 aliphatic heterocycles. The van der Waals surface area contributed by atoms with Crippen molar-refractivity contribution in [2.45, 2.75) is 29.9 Å². The second kappa shape index (κ2) is 7.56. The molecule has 0 N–H and O–H groups in total. The molecule has 2 atom stereocenters. The van der Waals surface area contributed by atoms with Gasteiger partial charge < -0.3 is 14.1 Å². The summed E-state index contributed by atoms with van der Waals surface area (Å²) in [6.07, 6.45) is 3.74. The summed E-state index contributed by atoms with van der Waals surface area (Å²) in [4.78, 5) is 29.4. The van der Waals surface area contributed by atoms with Crippen LogP contribution >= 0.6 is 11.8 Å². The number of carbonyl (C=O) groups is 1. The number of ether oxygens (including phenoxy) is 1. The van der Waals surface area contributed by atoms with E-state index in [1.165, 1.54) is 18.2 Å². The highest BCUT2D eigenvalue weighted by Gasteiger charge is 2.43. The standard InChI is InChI=1S/C23H20FNO4S/c1-30-16-7-4-13(5-8-16)20-19-21(26)17-11-14(24)6-9-18(17)29-22(19)23(27)25(20)12-15-3-2-10-28-15/h4-9,11,15,20H,2-3,10,12H2,1H3/t15-,20+/m0/s1. The monoisotopic (exact) mass is 425 g/mol. The number of thioether (sulfide) groups is 1. The number of amides is 1. The first-order valence-electron chi connectivity index (χ1n) is 9.89. The highest BCUT2D eigenvalue weighted by molar-refractivity contribution is 7.98. The Kier molecular flexibility index (Phi) is 4.87. The highest BCUT2D eigenvalue weighted by Crippen LogP contribution is 2.39. The van der Waals surface area contributed by atoms with Gasteiger partial charge in [0, 0.05) is 18.0 Å². The number of hydrogen-bond acceptors (Lipinski definition) is 5. The largest absolute Gasteiger partial charge is 0.450 e. The number of carbonyl (C=O) groups excluding carboxylic acids is 1. The van der Waals surface area contributed by atoms with Gasteiger partial charge in [-0.2, -0.15) is 0 Å². The molecule has 0 saturated carbocycles. The van der Waals surface area contributed by atoms with Gasteiger partial charge >= 0.3 is 0 Å². The fraction of sp³-hybridized carbons (Fsp3) is 0.304. The zero-order valence-electron chi connectivity index (χ0n) is 16.4. The molecule has 2 aromatic carbocycles. The van der Waals surface area contributed by atoms with Crippen LogP contribution in [0.4, 0.5) is 4.39 Å². The Balaban J connectivity index is 1.69. The van der Waals surface area contributed by atoms with Crippen molar-refractivity contribution >= 4 is 28.6 Å². The number of hydrogen-bond donors (Lipinski definition) is 0. The van der Waals surface area contributed by atoms with Gasteiger partial charge in [0.2, 0.25) is 5.76 Å². The van der Waals surface area contributed by atoms with Crippen LogP contribution in [0.15, 0.2) is 56.6 Å². The molecule has 7 heteroatoms. The lowest BCUT2D eigenvalue weighted by atomic mass is 9.98. The van der Waals surface area contributed by atoms with Gasteiger partial charge in [-0.15, -0.1) is 11.8 Å². The lowest BCUT2D eigenvalue weighted by Crippen LogP contribution is -2.36. The number of fused-ring (bicyclic) bond motifs is 2. The van der Waals surface area contributed by atoms with Gasteiger partial charge in [0.05, 0.1) is 23.1 Å². The van der Waals surface area contributed by atoms with Crippen molar-refractivity contribution in [1.82, 2.24) is 4.90 Å². The van der Waals surface area contributed by atoms with E-state index in [9.17, 15) is 14.0 Å². The van der Waals surface area contributed by atoms with Crippen LogP contribution in [0.3, 0.4) is 0 Å². The van der Waals surface area contributed by atoms with Crippen LogP contribution < -0.4 is 5.43 Å². The van der Waals surface area contributed by atoms with Gasteiger partial charge in [0.25, 0.3) is 5.91 Å². The van der Waals surface area contributed by atoms with Gasteiger partial charge in [0.15, 0.2) is 5.43 Å². The summed E-state index contributed by atoms with van der Waals surface area (Å²) in [6, 6.07) is 11.0. The van der Waals surface area contributed by atoms with Crippen molar-refractivity contribution in [2.75, 3.05) is 19.4 Å². The maximum absolute atomic E-state index is 13.8. The zero-order valence-corrected chi connectivity index (χ0v) is 17.2. The van der Waals surface area contributed by atoms with Crippen LogP contribution in [0.2, 0.25) is 0 Å². The second-order valence-electron chi connectivity index (χ2n) is 7.58. The molecule has 154 valence electrons. The Labute approximate surface area is 176 Å². The molecule has 5 rings (SSSR count). The van der Waals surface area contributed by atoms with Crippen LogP contribution in [0.5, 0.6) is 0 Å². The van der Waals surface area contributed by atoms with E-state index in [0.717, 1.165) is 23.3 Å². The first-order chi connectivity index (χ1) is 14.6. The van der Waals surface area contributed by atoms with E-state index in [1.807, 2.05) is 30.5 Å². The molecule has 1 fully saturated rings. The molecule has 1 amide bonds. The number of halogens is 1. The Hall–Kier alpha value is -2.64. The van der Waals surface area contributed by atoms with E-state index in [0.29, 0.717) is 13.2 Å². The van der Waals surface area contributed by atoms with Gasteiger partial charge in [0.1, 0.15) is 11.4 Å². The summed E-state index contributed by atoms with van der Waals surface area (Å²) < 4.78 is 25.4.